The van der Waals surface area contributed by atoms with Gasteiger partial charge in [0, 0.05) is 26.7 Å². The third-order valence-electron chi connectivity index (χ3n) is 4.48. The van der Waals surface area contributed by atoms with Gasteiger partial charge in [-0.15, -0.1) is 0 Å². The van der Waals surface area contributed by atoms with Crippen molar-refractivity contribution in [3.63, 3.8) is 0 Å². The summed E-state index contributed by atoms with van der Waals surface area (Å²) in [5, 5.41) is 12.9. The molecule has 6 nitrogen and oxygen atoms in total. The maximum Gasteiger partial charge on any atom is 0.227 e. The molecule has 2 aliphatic rings. The Morgan fingerprint density at radius 3 is 2.90 bits per heavy atom. The lowest BCUT2D eigenvalue weighted by atomic mass is 9.82. The van der Waals surface area contributed by atoms with E-state index in [4.69, 9.17) is 4.74 Å². The van der Waals surface area contributed by atoms with E-state index in [0.717, 1.165) is 25.7 Å². The molecule has 2 saturated heterocycles. The summed E-state index contributed by atoms with van der Waals surface area (Å²) in [6, 6.07) is 0. The molecule has 0 amide bonds. The summed E-state index contributed by atoms with van der Waals surface area (Å²) in [5.74, 6) is 0.260. The number of aromatic nitrogens is 2. The maximum atomic E-state index is 13.4. The summed E-state index contributed by atoms with van der Waals surface area (Å²) in [5.41, 5.74) is -0.416. The SMILES string of the molecule is CNc1nc(N2CCC3(CC2)OCCCC3O)ncc1F. The van der Waals surface area contributed by atoms with Gasteiger partial charge >= 0.3 is 0 Å². The first-order chi connectivity index (χ1) is 10.1. The minimum atomic E-state index is -0.458. The number of aliphatic hydroxyl groups is 1. The van der Waals surface area contributed by atoms with E-state index in [1.165, 1.54) is 6.20 Å². The normalized spacial score (nSPS) is 25.1. The van der Waals surface area contributed by atoms with Gasteiger partial charge in [0.05, 0.1) is 17.9 Å². The second-order valence-electron chi connectivity index (χ2n) is 5.67. The van der Waals surface area contributed by atoms with Crippen LogP contribution in [0.2, 0.25) is 0 Å². The highest BCUT2D eigenvalue weighted by Crippen LogP contribution is 2.36. The van der Waals surface area contributed by atoms with Crippen LogP contribution >= 0.6 is 0 Å². The zero-order chi connectivity index (χ0) is 14.9. The molecule has 21 heavy (non-hydrogen) atoms. The van der Waals surface area contributed by atoms with Gasteiger partial charge in [0.15, 0.2) is 11.6 Å². The molecule has 2 fully saturated rings. The number of hydrogen-bond donors (Lipinski definition) is 2. The van der Waals surface area contributed by atoms with Crippen LogP contribution in [0.5, 0.6) is 0 Å². The summed E-state index contributed by atoms with van der Waals surface area (Å²) < 4.78 is 19.3. The predicted octanol–water partition coefficient (Wildman–Crippen LogP) is 1.17. The Bertz CT molecular complexity index is 506. The van der Waals surface area contributed by atoms with E-state index in [0.29, 0.717) is 25.6 Å². The standard InChI is InChI=1S/C14H21FN4O2/c1-16-12-10(15)9-17-13(18-12)19-6-4-14(5-7-19)11(20)3-2-8-21-14/h9,11,20H,2-8H2,1H3,(H,16,17,18). The van der Waals surface area contributed by atoms with Crippen molar-refractivity contribution >= 4 is 11.8 Å². The fourth-order valence-electron chi connectivity index (χ4n) is 3.16. The van der Waals surface area contributed by atoms with E-state index < -0.39 is 17.5 Å². The minimum absolute atomic E-state index is 0.203. The van der Waals surface area contributed by atoms with Crippen LogP contribution in [0.3, 0.4) is 0 Å². The topological polar surface area (TPSA) is 70.5 Å². The summed E-state index contributed by atoms with van der Waals surface area (Å²) in [6.07, 6.45) is 3.99. The van der Waals surface area contributed by atoms with E-state index in [-0.39, 0.29) is 5.82 Å². The van der Waals surface area contributed by atoms with Crippen molar-refractivity contribution in [2.75, 3.05) is 37.0 Å². The van der Waals surface area contributed by atoms with Crippen LogP contribution in [-0.2, 0) is 4.74 Å². The number of ether oxygens (including phenoxy) is 1. The van der Waals surface area contributed by atoms with Gasteiger partial charge in [-0.3, -0.25) is 0 Å². The number of piperidine rings is 1. The van der Waals surface area contributed by atoms with E-state index in [2.05, 4.69) is 15.3 Å². The summed E-state index contributed by atoms with van der Waals surface area (Å²) in [7, 11) is 1.63. The van der Waals surface area contributed by atoms with Gasteiger partial charge in [-0.25, -0.2) is 9.37 Å². The Morgan fingerprint density at radius 2 is 2.24 bits per heavy atom. The number of nitrogens with one attached hydrogen (secondary N) is 1. The predicted molar refractivity (Wildman–Crippen MR) is 76.9 cm³/mol. The first-order valence-corrected chi connectivity index (χ1v) is 7.42. The van der Waals surface area contributed by atoms with Crippen molar-refractivity contribution in [2.45, 2.75) is 37.4 Å². The van der Waals surface area contributed by atoms with Crippen molar-refractivity contribution in [3.05, 3.63) is 12.0 Å². The summed E-state index contributed by atoms with van der Waals surface area (Å²) in [4.78, 5) is 10.3. The van der Waals surface area contributed by atoms with Gasteiger partial charge < -0.3 is 20.1 Å². The van der Waals surface area contributed by atoms with Gasteiger partial charge in [-0.05, 0) is 25.7 Å². The average Bonchev–Trinajstić information content (AvgIpc) is 2.52. The zero-order valence-corrected chi connectivity index (χ0v) is 12.2. The molecule has 1 unspecified atom stereocenters. The van der Waals surface area contributed by atoms with Crippen LogP contribution in [0.25, 0.3) is 0 Å². The van der Waals surface area contributed by atoms with Crippen LogP contribution in [0.1, 0.15) is 25.7 Å². The Morgan fingerprint density at radius 1 is 1.48 bits per heavy atom. The van der Waals surface area contributed by atoms with Crippen molar-refractivity contribution in [1.82, 2.24) is 9.97 Å². The second-order valence-corrected chi connectivity index (χ2v) is 5.67. The molecule has 2 N–H and O–H groups in total. The Balaban J connectivity index is 1.71. The Hall–Kier alpha value is -1.47. The molecular formula is C14H21FN4O2. The lowest BCUT2D eigenvalue weighted by molar-refractivity contribution is -0.164. The molecular weight excluding hydrogens is 275 g/mol. The van der Waals surface area contributed by atoms with E-state index >= 15 is 0 Å². The highest BCUT2D eigenvalue weighted by Gasteiger charge is 2.44. The third kappa shape index (κ3) is 2.67. The molecule has 1 aromatic rings. The van der Waals surface area contributed by atoms with Crippen molar-refractivity contribution in [2.24, 2.45) is 0 Å². The van der Waals surface area contributed by atoms with Crippen LogP contribution in [-0.4, -0.2) is 53.5 Å². The van der Waals surface area contributed by atoms with Crippen LogP contribution in [0.15, 0.2) is 6.20 Å². The van der Waals surface area contributed by atoms with Crippen LogP contribution in [0, 0.1) is 5.82 Å². The van der Waals surface area contributed by atoms with Crippen molar-refractivity contribution < 1.29 is 14.2 Å². The molecule has 0 radical (unpaired) electrons. The van der Waals surface area contributed by atoms with Crippen molar-refractivity contribution in [3.8, 4) is 0 Å². The molecule has 1 atom stereocenters. The molecule has 3 rings (SSSR count). The third-order valence-corrected chi connectivity index (χ3v) is 4.48. The molecule has 0 saturated carbocycles. The molecule has 1 spiro atoms. The van der Waals surface area contributed by atoms with E-state index in [9.17, 15) is 9.50 Å². The lowest BCUT2D eigenvalue weighted by Gasteiger charge is -2.46. The maximum absolute atomic E-state index is 13.4. The van der Waals surface area contributed by atoms with Gasteiger partial charge in [0.1, 0.15) is 0 Å². The quantitative estimate of drug-likeness (QED) is 0.853. The molecule has 7 heteroatoms. The lowest BCUT2D eigenvalue weighted by Crippen LogP contribution is -2.55. The largest absolute Gasteiger partial charge is 0.390 e. The number of nitrogens with zero attached hydrogens (tertiary/aromatic N) is 3. The fourth-order valence-corrected chi connectivity index (χ4v) is 3.16. The first-order valence-electron chi connectivity index (χ1n) is 7.42. The van der Waals surface area contributed by atoms with Gasteiger partial charge in [-0.2, -0.15) is 4.98 Å². The van der Waals surface area contributed by atoms with Gasteiger partial charge in [-0.1, -0.05) is 0 Å². The summed E-state index contributed by atoms with van der Waals surface area (Å²) in [6.45, 7) is 2.12. The molecule has 0 aliphatic carbocycles. The Kier molecular flexibility index (Phi) is 3.95. The molecule has 0 aromatic carbocycles. The van der Waals surface area contributed by atoms with Gasteiger partial charge in [0.25, 0.3) is 0 Å². The molecule has 2 aliphatic heterocycles. The monoisotopic (exact) mass is 296 g/mol. The number of rotatable bonds is 2. The minimum Gasteiger partial charge on any atom is -0.390 e. The van der Waals surface area contributed by atoms with E-state index in [1.807, 2.05) is 4.90 Å². The van der Waals surface area contributed by atoms with Gasteiger partial charge in [0.2, 0.25) is 5.95 Å². The van der Waals surface area contributed by atoms with Crippen LogP contribution in [0.4, 0.5) is 16.2 Å². The van der Waals surface area contributed by atoms with Crippen LogP contribution < -0.4 is 10.2 Å². The highest BCUT2D eigenvalue weighted by molar-refractivity contribution is 5.42. The Labute approximate surface area is 123 Å². The first kappa shape index (κ1) is 14.5. The zero-order valence-electron chi connectivity index (χ0n) is 12.2. The average molecular weight is 296 g/mol. The van der Waals surface area contributed by atoms with Crippen molar-refractivity contribution in [1.29, 1.82) is 0 Å². The number of aliphatic hydroxyl groups excluding tert-OH is 1. The number of hydrogen-bond acceptors (Lipinski definition) is 6. The van der Waals surface area contributed by atoms with E-state index in [1.54, 1.807) is 7.05 Å². The highest BCUT2D eigenvalue weighted by atomic mass is 19.1. The summed E-state index contributed by atoms with van der Waals surface area (Å²) >= 11 is 0. The smallest absolute Gasteiger partial charge is 0.227 e. The molecule has 1 aromatic heterocycles. The number of halogens is 1. The molecule has 3 heterocycles. The molecule has 116 valence electrons. The second kappa shape index (κ2) is 5.73. The molecule has 0 bridgehead atoms. The number of anilines is 2. The fraction of sp³-hybridized carbons (Fsp3) is 0.714.